The molecule has 0 aliphatic heterocycles. The molecule has 0 atom stereocenters. The number of carbonyl (C=O) groups excluding carboxylic acids is 2. The van der Waals surface area contributed by atoms with Crippen LogP contribution in [0.4, 0.5) is 5.69 Å². The number of nitrogens with zero attached hydrogens (tertiary/aromatic N) is 1. The number of hydrazone groups is 1. The van der Waals surface area contributed by atoms with Crippen molar-refractivity contribution >= 4 is 23.7 Å². The molecule has 2 rings (SSSR count). The minimum Gasteiger partial charge on any atom is -0.493 e. The zero-order valence-corrected chi connectivity index (χ0v) is 16.3. The van der Waals surface area contributed by atoms with Gasteiger partial charge in [-0.2, -0.15) is 5.10 Å². The highest BCUT2D eigenvalue weighted by atomic mass is 16.5. The molecule has 0 fully saturated rings. The number of methoxy groups -OCH3 is 1. The number of benzene rings is 2. The average Bonchev–Trinajstić information content (AvgIpc) is 2.73. The van der Waals surface area contributed by atoms with Crippen molar-refractivity contribution in [2.75, 3.05) is 25.6 Å². The molecule has 0 saturated heterocycles. The van der Waals surface area contributed by atoms with Gasteiger partial charge < -0.3 is 19.5 Å². The summed E-state index contributed by atoms with van der Waals surface area (Å²) in [7, 11) is 1.55. The van der Waals surface area contributed by atoms with E-state index in [1.807, 2.05) is 6.92 Å². The van der Waals surface area contributed by atoms with E-state index < -0.39 is 11.8 Å². The Morgan fingerprint density at radius 3 is 2.48 bits per heavy atom. The van der Waals surface area contributed by atoms with Crippen LogP contribution >= 0.6 is 0 Å². The molecule has 8 nitrogen and oxygen atoms in total. The van der Waals surface area contributed by atoms with E-state index in [0.29, 0.717) is 41.7 Å². The molecule has 0 bridgehead atoms. The Kier molecular flexibility index (Phi) is 8.25. The van der Waals surface area contributed by atoms with E-state index in [9.17, 15) is 9.59 Å². The Morgan fingerprint density at radius 2 is 1.83 bits per heavy atom. The van der Waals surface area contributed by atoms with E-state index in [-0.39, 0.29) is 0 Å². The van der Waals surface area contributed by atoms with Gasteiger partial charge in [-0.3, -0.25) is 9.59 Å². The highest BCUT2D eigenvalue weighted by molar-refractivity contribution is 6.39. The van der Waals surface area contributed by atoms with Crippen LogP contribution in [0.15, 0.2) is 60.2 Å². The average molecular weight is 397 g/mol. The minimum absolute atomic E-state index is 0.381. The van der Waals surface area contributed by atoms with Crippen LogP contribution in [0.1, 0.15) is 12.5 Å². The summed E-state index contributed by atoms with van der Waals surface area (Å²) in [5.41, 5.74) is 3.31. The summed E-state index contributed by atoms with van der Waals surface area (Å²) in [5, 5.41) is 6.28. The maximum atomic E-state index is 12.0. The number of carbonyl (C=O) groups is 2. The maximum Gasteiger partial charge on any atom is 0.329 e. The van der Waals surface area contributed by atoms with E-state index in [4.69, 9.17) is 14.2 Å². The van der Waals surface area contributed by atoms with E-state index in [1.54, 1.807) is 55.7 Å². The highest BCUT2D eigenvalue weighted by Crippen LogP contribution is 2.27. The number of nitrogens with one attached hydrogen (secondary N) is 2. The smallest absolute Gasteiger partial charge is 0.329 e. The quantitative estimate of drug-likeness (QED) is 0.293. The number of ether oxygens (including phenoxy) is 3. The second kappa shape index (κ2) is 11.1. The van der Waals surface area contributed by atoms with Crippen molar-refractivity contribution in [2.45, 2.75) is 6.92 Å². The Bertz CT molecular complexity index is 878. The predicted molar refractivity (Wildman–Crippen MR) is 111 cm³/mol. The van der Waals surface area contributed by atoms with Gasteiger partial charge in [-0.15, -0.1) is 0 Å². The molecule has 29 heavy (non-hydrogen) atoms. The summed E-state index contributed by atoms with van der Waals surface area (Å²) in [4.78, 5) is 23.9. The third-order valence-corrected chi connectivity index (χ3v) is 3.55. The molecule has 0 aliphatic carbocycles. The van der Waals surface area contributed by atoms with Gasteiger partial charge in [-0.1, -0.05) is 12.7 Å². The number of amides is 2. The zero-order valence-electron chi connectivity index (χ0n) is 16.3. The second-order valence-electron chi connectivity index (χ2n) is 5.62. The molecule has 152 valence electrons. The van der Waals surface area contributed by atoms with Gasteiger partial charge in [-0.05, 0) is 55.0 Å². The molecule has 8 heteroatoms. The van der Waals surface area contributed by atoms with Gasteiger partial charge in [0.2, 0.25) is 0 Å². The Balaban J connectivity index is 1.90. The van der Waals surface area contributed by atoms with Crippen molar-refractivity contribution in [1.82, 2.24) is 5.43 Å². The van der Waals surface area contributed by atoms with Crippen molar-refractivity contribution in [2.24, 2.45) is 5.10 Å². The van der Waals surface area contributed by atoms with Gasteiger partial charge in [0.1, 0.15) is 12.4 Å². The molecular formula is C21H23N3O5. The van der Waals surface area contributed by atoms with Crippen LogP contribution in [0.25, 0.3) is 0 Å². The van der Waals surface area contributed by atoms with Gasteiger partial charge in [0.15, 0.2) is 11.5 Å². The van der Waals surface area contributed by atoms with Crippen LogP contribution in [0.3, 0.4) is 0 Å². The lowest BCUT2D eigenvalue weighted by molar-refractivity contribution is -0.136. The highest BCUT2D eigenvalue weighted by Gasteiger charge is 2.13. The maximum absolute atomic E-state index is 12.0. The fraction of sp³-hybridized carbons (Fsp3) is 0.190. The molecule has 0 saturated carbocycles. The van der Waals surface area contributed by atoms with Gasteiger partial charge in [0, 0.05) is 5.69 Å². The lowest BCUT2D eigenvalue weighted by Crippen LogP contribution is -2.32. The molecule has 2 aromatic rings. The fourth-order valence-corrected chi connectivity index (χ4v) is 2.24. The molecule has 0 unspecified atom stereocenters. The SMILES string of the molecule is C=CCOc1ccc(NC(=O)C(=O)N/N=C\c2ccc(OC)c(OCC)c2)cc1. The van der Waals surface area contributed by atoms with E-state index in [1.165, 1.54) is 6.21 Å². The third-order valence-electron chi connectivity index (χ3n) is 3.55. The normalized spacial score (nSPS) is 10.3. The van der Waals surface area contributed by atoms with Crippen molar-refractivity contribution < 1.29 is 23.8 Å². The van der Waals surface area contributed by atoms with Crippen LogP contribution in [0.5, 0.6) is 17.2 Å². The first-order valence-corrected chi connectivity index (χ1v) is 8.86. The van der Waals surface area contributed by atoms with Crippen LogP contribution in [0.2, 0.25) is 0 Å². The second-order valence-corrected chi connectivity index (χ2v) is 5.62. The van der Waals surface area contributed by atoms with Crippen LogP contribution < -0.4 is 25.0 Å². The first kappa shape index (κ1) is 21.5. The first-order valence-electron chi connectivity index (χ1n) is 8.86. The Labute approximate surface area is 169 Å². The van der Waals surface area contributed by atoms with Crippen molar-refractivity contribution in [1.29, 1.82) is 0 Å². The third kappa shape index (κ3) is 6.69. The molecule has 0 spiro atoms. The van der Waals surface area contributed by atoms with E-state index >= 15 is 0 Å². The number of hydrogen-bond donors (Lipinski definition) is 2. The molecule has 0 aromatic heterocycles. The molecule has 0 radical (unpaired) electrons. The van der Waals surface area contributed by atoms with Gasteiger partial charge in [0.05, 0.1) is 19.9 Å². The topological polar surface area (TPSA) is 98.2 Å². The molecule has 0 heterocycles. The minimum atomic E-state index is -0.897. The number of hydrogen-bond acceptors (Lipinski definition) is 6. The Morgan fingerprint density at radius 1 is 1.07 bits per heavy atom. The lowest BCUT2D eigenvalue weighted by Gasteiger charge is -2.09. The molecular weight excluding hydrogens is 374 g/mol. The van der Waals surface area contributed by atoms with Gasteiger partial charge in [-0.25, -0.2) is 5.43 Å². The molecule has 0 aliphatic rings. The van der Waals surface area contributed by atoms with Gasteiger partial charge >= 0.3 is 11.8 Å². The summed E-state index contributed by atoms with van der Waals surface area (Å²) in [6.07, 6.45) is 3.03. The Hall–Kier alpha value is -3.81. The lowest BCUT2D eigenvalue weighted by atomic mass is 10.2. The number of rotatable bonds is 9. The van der Waals surface area contributed by atoms with Crippen LogP contribution in [-0.2, 0) is 9.59 Å². The standard InChI is InChI=1S/C21H23N3O5/c1-4-12-29-17-9-7-16(8-10-17)23-20(25)21(26)24-22-14-15-6-11-18(27-3)19(13-15)28-5-2/h4,6-11,13-14H,1,5,12H2,2-3H3,(H,23,25)(H,24,26)/b22-14-. The van der Waals surface area contributed by atoms with Gasteiger partial charge in [0.25, 0.3) is 0 Å². The fourth-order valence-electron chi connectivity index (χ4n) is 2.24. The zero-order chi connectivity index (χ0) is 21.1. The summed E-state index contributed by atoms with van der Waals surface area (Å²) < 4.78 is 16.0. The summed E-state index contributed by atoms with van der Waals surface area (Å²) >= 11 is 0. The van der Waals surface area contributed by atoms with Crippen molar-refractivity contribution in [3.05, 3.63) is 60.7 Å². The summed E-state index contributed by atoms with van der Waals surface area (Å²) in [6, 6.07) is 11.8. The van der Waals surface area contributed by atoms with Crippen molar-refractivity contribution in [3.63, 3.8) is 0 Å². The first-order chi connectivity index (χ1) is 14.1. The van der Waals surface area contributed by atoms with Crippen molar-refractivity contribution in [3.8, 4) is 17.2 Å². The van der Waals surface area contributed by atoms with Crippen LogP contribution in [0, 0.1) is 0 Å². The van der Waals surface area contributed by atoms with E-state index in [2.05, 4.69) is 22.4 Å². The predicted octanol–water partition coefficient (Wildman–Crippen LogP) is 2.75. The molecule has 2 amide bonds. The summed E-state index contributed by atoms with van der Waals surface area (Å²) in [6.45, 7) is 6.29. The van der Waals surface area contributed by atoms with E-state index in [0.717, 1.165) is 0 Å². The largest absolute Gasteiger partial charge is 0.493 e. The molecule has 2 aromatic carbocycles. The molecule has 2 N–H and O–H groups in total. The van der Waals surface area contributed by atoms with Crippen LogP contribution in [-0.4, -0.2) is 38.4 Å². The summed E-state index contributed by atoms with van der Waals surface area (Å²) in [5.74, 6) is 0.0400. The number of anilines is 1. The monoisotopic (exact) mass is 397 g/mol.